The number of unbranched alkanes of at least 4 members (excludes halogenated alkanes) is 2. The number of fused-ring (bicyclic) bond motifs is 1. The molecule has 0 saturated heterocycles. The van der Waals surface area contributed by atoms with E-state index in [-0.39, 0.29) is 48.8 Å². The maximum atomic E-state index is 13.5. The number of carbonyl (C=O) groups excluding carboxylic acids is 3. The number of nitrogens with one attached hydrogen (secondary N) is 2. The summed E-state index contributed by atoms with van der Waals surface area (Å²) in [5, 5.41) is 15.7. The zero-order valence-electron chi connectivity index (χ0n) is 27.7. The van der Waals surface area contributed by atoms with Crippen molar-refractivity contribution in [3.63, 3.8) is 0 Å². The molecule has 1 aromatic heterocycles. The molecule has 0 spiro atoms. The maximum Gasteiger partial charge on any atom is 0.227 e. The number of hydrogen-bond acceptors (Lipinski definition) is 8. The predicted octanol–water partition coefficient (Wildman–Crippen LogP) is 4.47. The van der Waals surface area contributed by atoms with Crippen LogP contribution in [0.3, 0.4) is 0 Å². The van der Waals surface area contributed by atoms with Crippen LogP contribution in [0.5, 0.6) is 5.75 Å². The Morgan fingerprint density at radius 1 is 1.06 bits per heavy atom. The molecular formula is C36H48N6O5. The number of nitrogen functional groups attached to an aromatic ring is 1. The van der Waals surface area contributed by atoms with Crippen LogP contribution < -0.4 is 21.1 Å². The third kappa shape index (κ3) is 10.8. The first-order valence-electron chi connectivity index (χ1n) is 16.3. The number of ether oxygens (including phenoxy) is 1. The van der Waals surface area contributed by atoms with Crippen LogP contribution >= 0.6 is 0 Å². The number of anilines is 3. The van der Waals surface area contributed by atoms with Crippen LogP contribution in [-0.2, 0) is 27.3 Å². The van der Waals surface area contributed by atoms with E-state index in [1.807, 2.05) is 44.3 Å². The molecule has 2 heterocycles. The van der Waals surface area contributed by atoms with Gasteiger partial charge >= 0.3 is 0 Å². The van der Waals surface area contributed by atoms with Crippen LogP contribution in [0.1, 0.15) is 57.1 Å². The standard InChI is InChI=1S/C36H48N6O5/c1-25-21-42(26(2)24-43)36(46)20-28-19-29(13-14-32(28)47-33(25)23-41(3)22-27-15-17-38-18-16-27)39-34(44)11-5-4-6-12-35(45)40-31-10-8-7-9-30(31)37/h7-10,13-19,25-26,33,43H,4-6,11-12,20-24,37H2,1-3H3,(H,39,44)(H,40,45)/t25-,26+,33-/m0/s1. The summed E-state index contributed by atoms with van der Waals surface area (Å²) < 4.78 is 6.61. The number of pyridine rings is 1. The SMILES string of the molecule is C[C@H](CO)N1C[C@H](C)[C@H](CN(C)Cc2ccncc2)Oc2ccc(NC(=O)CCCCCC(=O)Nc3ccccc3N)cc2CC1=O. The summed E-state index contributed by atoms with van der Waals surface area (Å²) in [7, 11) is 2.04. The monoisotopic (exact) mass is 644 g/mol. The Hall–Kier alpha value is -4.48. The van der Waals surface area contributed by atoms with Gasteiger partial charge in [0.25, 0.3) is 0 Å². The van der Waals surface area contributed by atoms with E-state index in [0.717, 1.165) is 18.5 Å². The molecule has 3 aromatic rings. The number of para-hydroxylation sites is 2. The first-order chi connectivity index (χ1) is 22.6. The van der Waals surface area contributed by atoms with Crippen LogP contribution in [0.2, 0.25) is 0 Å². The van der Waals surface area contributed by atoms with Gasteiger partial charge in [0.05, 0.1) is 30.4 Å². The Kier molecular flexibility index (Phi) is 13.1. The van der Waals surface area contributed by atoms with Crippen molar-refractivity contribution in [1.82, 2.24) is 14.8 Å². The van der Waals surface area contributed by atoms with E-state index < -0.39 is 0 Å². The topological polar surface area (TPSA) is 150 Å². The number of aliphatic hydroxyl groups is 1. The van der Waals surface area contributed by atoms with Gasteiger partial charge in [0.15, 0.2) is 0 Å². The molecule has 3 amide bonds. The van der Waals surface area contributed by atoms with Gasteiger partial charge in [0.1, 0.15) is 11.9 Å². The van der Waals surface area contributed by atoms with Gasteiger partial charge in [-0.25, -0.2) is 0 Å². The number of benzene rings is 2. The smallest absolute Gasteiger partial charge is 0.227 e. The molecule has 0 aliphatic carbocycles. The molecule has 252 valence electrons. The van der Waals surface area contributed by atoms with Gasteiger partial charge in [-0.15, -0.1) is 0 Å². The van der Waals surface area contributed by atoms with Crippen molar-refractivity contribution in [2.24, 2.45) is 5.92 Å². The third-order valence-electron chi connectivity index (χ3n) is 8.44. The van der Waals surface area contributed by atoms with Gasteiger partial charge in [-0.2, -0.15) is 0 Å². The number of rotatable bonds is 14. The van der Waals surface area contributed by atoms with E-state index in [9.17, 15) is 19.5 Å². The fraction of sp³-hybridized carbons (Fsp3) is 0.444. The molecule has 2 aromatic carbocycles. The van der Waals surface area contributed by atoms with E-state index in [1.165, 1.54) is 0 Å². The van der Waals surface area contributed by atoms with Gasteiger partial charge in [-0.05, 0) is 74.8 Å². The maximum absolute atomic E-state index is 13.5. The Labute approximate surface area is 277 Å². The first kappa shape index (κ1) is 35.4. The van der Waals surface area contributed by atoms with Crippen LogP contribution in [0.25, 0.3) is 0 Å². The first-order valence-corrected chi connectivity index (χ1v) is 16.3. The molecule has 11 nitrogen and oxygen atoms in total. The zero-order valence-corrected chi connectivity index (χ0v) is 27.7. The number of nitrogens with two attached hydrogens (primary N) is 1. The second kappa shape index (κ2) is 17.4. The van der Waals surface area contributed by atoms with E-state index in [4.69, 9.17) is 10.5 Å². The number of likely N-dealkylation sites (N-methyl/N-ethyl adjacent to an activating group) is 1. The minimum atomic E-state index is -0.341. The highest BCUT2D eigenvalue weighted by atomic mass is 16.5. The number of nitrogens with zero attached hydrogens (tertiary/aromatic N) is 3. The fourth-order valence-corrected chi connectivity index (χ4v) is 5.69. The molecule has 0 bridgehead atoms. The second-order valence-electron chi connectivity index (χ2n) is 12.5. The molecule has 11 heteroatoms. The van der Waals surface area contributed by atoms with Gasteiger partial charge in [-0.1, -0.05) is 25.5 Å². The summed E-state index contributed by atoms with van der Waals surface area (Å²) in [4.78, 5) is 46.6. The Bertz CT molecular complexity index is 1490. The lowest BCUT2D eigenvalue weighted by atomic mass is 10.0. The highest BCUT2D eigenvalue weighted by Crippen LogP contribution is 2.29. The quantitative estimate of drug-likeness (QED) is 0.148. The third-order valence-corrected chi connectivity index (χ3v) is 8.44. The van der Waals surface area contributed by atoms with Crippen molar-refractivity contribution < 1.29 is 24.2 Å². The fourth-order valence-electron chi connectivity index (χ4n) is 5.69. The van der Waals surface area contributed by atoms with Crippen LogP contribution in [0.4, 0.5) is 17.1 Å². The molecular weight excluding hydrogens is 596 g/mol. The van der Waals surface area contributed by atoms with Crippen LogP contribution in [0.15, 0.2) is 67.0 Å². The largest absolute Gasteiger partial charge is 0.488 e. The molecule has 3 atom stereocenters. The predicted molar refractivity (Wildman–Crippen MR) is 184 cm³/mol. The van der Waals surface area contributed by atoms with Crippen molar-refractivity contribution in [3.05, 3.63) is 78.1 Å². The average Bonchev–Trinajstić information content (AvgIpc) is 3.09. The number of hydrogen-bond donors (Lipinski definition) is 4. The van der Waals surface area contributed by atoms with Gasteiger partial charge < -0.3 is 31.1 Å². The Morgan fingerprint density at radius 3 is 2.47 bits per heavy atom. The van der Waals surface area contributed by atoms with Crippen LogP contribution in [0, 0.1) is 5.92 Å². The normalized spacial score (nSPS) is 17.1. The van der Waals surface area contributed by atoms with Crippen molar-refractivity contribution in [3.8, 4) is 5.75 Å². The summed E-state index contributed by atoms with van der Waals surface area (Å²) in [6.45, 7) is 5.57. The summed E-state index contributed by atoms with van der Waals surface area (Å²) in [5.41, 5.74) is 9.42. The number of aliphatic hydroxyl groups excluding tert-OH is 1. The number of carbonyl (C=O) groups is 3. The molecule has 4 rings (SSSR count). The van der Waals surface area contributed by atoms with Crippen molar-refractivity contribution in [2.45, 2.75) is 71.1 Å². The summed E-state index contributed by atoms with van der Waals surface area (Å²) >= 11 is 0. The minimum Gasteiger partial charge on any atom is -0.488 e. The lowest BCUT2D eigenvalue weighted by Gasteiger charge is -2.34. The lowest BCUT2D eigenvalue weighted by molar-refractivity contribution is -0.134. The summed E-state index contributed by atoms with van der Waals surface area (Å²) in [6, 6.07) is 16.2. The molecule has 0 radical (unpaired) electrons. The molecule has 1 aliphatic heterocycles. The minimum absolute atomic E-state index is 0.0132. The average molecular weight is 645 g/mol. The van der Waals surface area contributed by atoms with Crippen molar-refractivity contribution in [1.29, 1.82) is 0 Å². The second-order valence-corrected chi connectivity index (χ2v) is 12.5. The molecule has 0 fully saturated rings. The van der Waals surface area contributed by atoms with Crippen molar-refractivity contribution >= 4 is 34.8 Å². The molecule has 0 saturated carbocycles. The van der Waals surface area contributed by atoms with E-state index >= 15 is 0 Å². The number of amides is 3. The van der Waals surface area contributed by atoms with Gasteiger partial charge in [0, 0.05) is 62.0 Å². The van der Waals surface area contributed by atoms with E-state index in [2.05, 4.69) is 27.4 Å². The zero-order chi connectivity index (χ0) is 33.8. The summed E-state index contributed by atoms with van der Waals surface area (Å²) in [6.07, 6.45) is 6.10. The highest BCUT2D eigenvalue weighted by molar-refractivity contribution is 5.94. The van der Waals surface area contributed by atoms with Gasteiger partial charge in [0.2, 0.25) is 17.7 Å². The highest BCUT2D eigenvalue weighted by Gasteiger charge is 2.31. The number of aromatic nitrogens is 1. The van der Waals surface area contributed by atoms with Crippen LogP contribution in [-0.4, -0.2) is 76.5 Å². The summed E-state index contributed by atoms with van der Waals surface area (Å²) in [5.74, 6) is 0.253. The van der Waals surface area contributed by atoms with E-state index in [1.54, 1.807) is 41.6 Å². The Morgan fingerprint density at radius 2 is 1.77 bits per heavy atom. The van der Waals surface area contributed by atoms with Gasteiger partial charge in [-0.3, -0.25) is 24.3 Å². The van der Waals surface area contributed by atoms with E-state index in [0.29, 0.717) is 67.1 Å². The molecule has 5 N–H and O–H groups in total. The molecule has 47 heavy (non-hydrogen) atoms. The molecule has 0 unspecified atom stereocenters. The molecule has 1 aliphatic rings. The Balaban J connectivity index is 1.36. The lowest BCUT2D eigenvalue weighted by Crippen LogP contribution is -2.47. The van der Waals surface area contributed by atoms with Crippen molar-refractivity contribution in [2.75, 3.05) is 43.1 Å².